The van der Waals surface area contributed by atoms with Crippen molar-refractivity contribution in [3.8, 4) is 0 Å². The van der Waals surface area contributed by atoms with Gasteiger partial charge >= 0.3 is 0 Å². The maximum Gasteiger partial charge on any atom is 0.279 e. The smallest absolute Gasteiger partial charge is 0.279 e. The molecule has 28 heavy (non-hydrogen) atoms. The molecular formula is C20H25ClN3O3S+. The Balaban J connectivity index is 1.52. The molecular weight excluding hydrogens is 398 g/mol. The van der Waals surface area contributed by atoms with Crippen LogP contribution in [0.1, 0.15) is 12.5 Å². The largest absolute Gasteiger partial charge is 0.325 e. The van der Waals surface area contributed by atoms with E-state index in [1.54, 1.807) is 18.2 Å². The van der Waals surface area contributed by atoms with Crippen molar-refractivity contribution in [1.82, 2.24) is 4.31 Å². The Kier molecular flexibility index (Phi) is 6.72. The zero-order chi connectivity index (χ0) is 20.1. The molecule has 0 aliphatic carbocycles. The zero-order valence-corrected chi connectivity index (χ0v) is 17.4. The van der Waals surface area contributed by atoms with E-state index in [9.17, 15) is 13.2 Å². The molecule has 2 N–H and O–H groups in total. The third-order valence-corrected chi connectivity index (χ3v) is 7.05. The van der Waals surface area contributed by atoms with Crippen molar-refractivity contribution in [2.24, 2.45) is 0 Å². The van der Waals surface area contributed by atoms with Crippen LogP contribution in [0.25, 0.3) is 0 Å². The number of anilines is 1. The third kappa shape index (κ3) is 5.11. The Bertz CT molecular complexity index is 924. The molecule has 0 atom stereocenters. The third-order valence-electron chi connectivity index (χ3n) is 4.92. The van der Waals surface area contributed by atoms with Crippen molar-refractivity contribution in [3.63, 3.8) is 0 Å². The summed E-state index contributed by atoms with van der Waals surface area (Å²) in [7, 11) is -3.56. The average molecular weight is 423 g/mol. The summed E-state index contributed by atoms with van der Waals surface area (Å²) in [5, 5.41) is 3.30. The predicted octanol–water partition coefficient (Wildman–Crippen LogP) is 1.43. The van der Waals surface area contributed by atoms with E-state index in [4.69, 9.17) is 11.6 Å². The lowest BCUT2D eigenvalue weighted by Gasteiger charge is -2.31. The summed E-state index contributed by atoms with van der Waals surface area (Å²) in [5.74, 6) is -0.0644. The van der Waals surface area contributed by atoms with Crippen LogP contribution in [0, 0.1) is 0 Å². The number of hydrogen-bond donors (Lipinski definition) is 2. The lowest BCUT2D eigenvalue weighted by atomic mass is 10.1. The Morgan fingerprint density at radius 3 is 2.43 bits per heavy atom. The first-order valence-electron chi connectivity index (χ1n) is 9.36. The maximum atomic E-state index is 12.7. The van der Waals surface area contributed by atoms with Gasteiger partial charge in [0.25, 0.3) is 5.91 Å². The van der Waals surface area contributed by atoms with E-state index >= 15 is 0 Å². The summed E-state index contributed by atoms with van der Waals surface area (Å²) in [5.41, 5.74) is 2.00. The number of amides is 1. The first kappa shape index (κ1) is 20.8. The Morgan fingerprint density at radius 1 is 1.14 bits per heavy atom. The van der Waals surface area contributed by atoms with Crippen LogP contribution in [-0.4, -0.2) is 51.4 Å². The summed E-state index contributed by atoms with van der Waals surface area (Å²) in [6.45, 7) is 4.33. The first-order chi connectivity index (χ1) is 13.4. The molecule has 1 aliphatic heterocycles. The first-order valence-corrected chi connectivity index (χ1v) is 11.2. The average Bonchev–Trinajstić information content (AvgIpc) is 2.69. The summed E-state index contributed by atoms with van der Waals surface area (Å²) in [4.78, 5) is 13.6. The predicted molar refractivity (Wildman–Crippen MR) is 110 cm³/mol. The number of hydrogen-bond acceptors (Lipinski definition) is 3. The van der Waals surface area contributed by atoms with Gasteiger partial charge in [-0.3, -0.25) is 4.79 Å². The van der Waals surface area contributed by atoms with E-state index in [-0.39, 0.29) is 10.8 Å². The van der Waals surface area contributed by atoms with E-state index < -0.39 is 10.0 Å². The second-order valence-electron chi connectivity index (χ2n) is 6.89. The molecule has 0 unspecified atom stereocenters. The summed E-state index contributed by atoms with van der Waals surface area (Å²) < 4.78 is 26.9. The number of sulfonamides is 1. The molecule has 0 radical (unpaired) electrons. The standard InChI is InChI=1S/C20H24ClN3O3S/c1-2-16-6-8-18(9-7-16)22-20(25)15-23-10-12-24(13-11-23)28(26,27)19-5-3-4-17(21)14-19/h3-9,14H,2,10-13,15H2,1H3,(H,22,25)/p+1. The number of nitrogens with one attached hydrogen (secondary N) is 2. The lowest BCUT2D eigenvalue weighted by molar-refractivity contribution is -0.895. The van der Waals surface area contributed by atoms with Gasteiger partial charge in [0.05, 0.1) is 31.1 Å². The van der Waals surface area contributed by atoms with Crippen LogP contribution in [0.4, 0.5) is 5.69 Å². The number of quaternary nitrogens is 1. The number of nitrogens with zero attached hydrogens (tertiary/aromatic N) is 1. The van der Waals surface area contributed by atoms with E-state index in [1.165, 1.54) is 15.9 Å². The fraction of sp³-hybridized carbons (Fsp3) is 0.350. The van der Waals surface area contributed by atoms with Crippen molar-refractivity contribution in [1.29, 1.82) is 0 Å². The molecule has 6 nitrogen and oxygen atoms in total. The van der Waals surface area contributed by atoms with Crippen molar-refractivity contribution >= 4 is 33.2 Å². The second kappa shape index (κ2) is 9.05. The molecule has 1 saturated heterocycles. The molecule has 0 spiro atoms. The normalized spacial score (nSPS) is 16.1. The van der Waals surface area contributed by atoms with Gasteiger partial charge in [-0.2, -0.15) is 4.31 Å². The molecule has 150 valence electrons. The molecule has 0 bridgehead atoms. The van der Waals surface area contributed by atoms with Crippen molar-refractivity contribution < 1.29 is 18.1 Å². The number of rotatable bonds is 6. The molecule has 1 heterocycles. The summed E-state index contributed by atoms with van der Waals surface area (Å²) in [6.07, 6.45) is 0.959. The minimum Gasteiger partial charge on any atom is -0.325 e. The van der Waals surface area contributed by atoms with Crippen molar-refractivity contribution in [2.45, 2.75) is 18.2 Å². The van der Waals surface area contributed by atoms with E-state index in [0.29, 0.717) is 37.7 Å². The van der Waals surface area contributed by atoms with Crippen molar-refractivity contribution in [3.05, 3.63) is 59.1 Å². The van der Waals surface area contributed by atoms with Crippen LogP contribution in [0.3, 0.4) is 0 Å². The Morgan fingerprint density at radius 2 is 1.82 bits per heavy atom. The van der Waals surface area contributed by atoms with Gasteiger partial charge in [-0.15, -0.1) is 0 Å². The van der Waals surface area contributed by atoms with Gasteiger partial charge < -0.3 is 10.2 Å². The molecule has 0 aromatic heterocycles. The topological polar surface area (TPSA) is 70.9 Å². The number of carbonyl (C=O) groups excluding carboxylic acids is 1. The Hall–Kier alpha value is -1.93. The summed E-state index contributed by atoms with van der Waals surface area (Å²) >= 11 is 5.92. The van der Waals surface area contributed by atoms with Gasteiger partial charge in [0.15, 0.2) is 6.54 Å². The number of carbonyl (C=O) groups is 1. The summed E-state index contributed by atoms with van der Waals surface area (Å²) in [6, 6.07) is 14.1. The minimum atomic E-state index is -3.56. The lowest BCUT2D eigenvalue weighted by Crippen LogP contribution is -3.15. The maximum absolute atomic E-state index is 12.7. The molecule has 2 aromatic carbocycles. The highest BCUT2D eigenvalue weighted by Gasteiger charge is 2.31. The minimum absolute atomic E-state index is 0.0644. The monoisotopic (exact) mass is 422 g/mol. The van der Waals surface area contributed by atoms with Gasteiger partial charge in [0, 0.05) is 10.7 Å². The van der Waals surface area contributed by atoms with Crippen LogP contribution in [0.5, 0.6) is 0 Å². The number of piperazine rings is 1. The van der Waals surface area contributed by atoms with E-state index in [0.717, 1.165) is 17.0 Å². The zero-order valence-electron chi connectivity index (χ0n) is 15.8. The Labute approximate surface area is 171 Å². The quantitative estimate of drug-likeness (QED) is 0.739. The molecule has 8 heteroatoms. The highest BCUT2D eigenvalue weighted by molar-refractivity contribution is 7.89. The van der Waals surface area contributed by atoms with E-state index in [1.807, 2.05) is 24.3 Å². The SMILES string of the molecule is CCc1ccc(NC(=O)C[NH+]2CCN(S(=O)(=O)c3cccc(Cl)c3)CC2)cc1. The fourth-order valence-electron chi connectivity index (χ4n) is 3.25. The van der Waals surface area contributed by atoms with Crippen LogP contribution in [0.2, 0.25) is 5.02 Å². The van der Waals surface area contributed by atoms with Gasteiger partial charge in [-0.1, -0.05) is 36.7 Å². The number of benzene rings is 2. The highest BCUT2D eigenvalue weighted by Crippen LogP contribution is 2.19. The van der Waals surface area contributed by atoms with Gasteiger partial charge in [-0.05, 0) is 42.3 Å². The fourth-order valence-corrected chi connectivity index (χ4v) is 4.99. The van der Waals surface area contributed by atoms with E-state index in [2.05, 4.69) is 12.2 Å². The number of halogens is 1. The van der Waals surface area contributed by atoms with Crippen molar-refractivity contribution in [2.75, 3.05) is 38.0 Å². The van der Waals surface area contributed by atoms with Crippen LogP contribution < -0.4 is 10.2 Å². The molecule has 3 rings (SSSR count). The van der Waals surface area contributed by atoms with Crippen LogP contribution >= 0.6 is 11.6 Å². The molecule has 0 saturated carbocycles. The van der Waals surface area contributed by atoms with Gasteiger partial charge in [-0.25, -0.2) is 8.42 Å². The molecule has 1 fully saturated rings. The van der Waals surface area contributed by atoms with Gasteiger partial charge in [0.2, 0.25) is 10.0 Å². The van der Waals surface area contributed by atoms with Crippen LogP contribution in [-0.2, 0) is 21.2 Å². The molecule has 1 aliphatic rings. The van der Waals surface area contributed by atoms with Gasteiger partial charge in [0.1, 0.15) is 0 Å². The molecule has 2 aromatic rings. The molecule has 1 amide bonds. The number of aryl methyl sites for hydroxylation is 1. The second-order valence-corrected chi connectivity index (χ2v) is 9.26. The highest BCUT2D eigenvalue weighted by atomic mass is 35.5. The van der Waals surface area contributed by atoms with Crippen LogP contribution in [0.15, 0.2) is 53.4 Å².